The van der Waals surface area contributed by atoms with Gasteiger partial charge in [-0.05, 0) is 28.7 Å². The number of rotatable bonds is 1. The van der Waals surface area contributed by atoms with Gasteiger partial charge in [0.15, 0.2) is 0 Å². The molecule has 2 nitrogen and oxygen atoms in total. The predicted octanol–water partition coefficient (Wildman–Crippen LogP) is 1.73. The lowest BCUT2D eigenvalue weighted by molar-refractivity contribution is 1.29. The van der Waals surface area contributed by atoms with Crippen LogP contribution in [0.4, 0.5) is 5.69 Å². The van der Waals surface area contributed by atoms with Crippen LogP contribution in [-0.2, 0) is 0 Å². The van der Waals surface area contributed by atoms with Gasteiger partial charge in [-0.1, -0.05) is 0 Å². The average Bonchev–Trinajstić information content (AvgIpc) is 1.88. The van der Waals surface area contributed by atoms with E-state index in [9.17, 15) is 0 Å². The molecule has 0 aliphatic rings. The van der Waals surface area contributed by atoms with E-state index in [0.29, 0.717) is 0 Å². The number of pyridine rings is 1. The van der Waals surface area contributed by atoms with Crippen molar-refractivity contribution in [2.24, 2.45) is 0 Å². The SMILES string of the molecule is CNc1cncc(I)c1. The summed E-state index contributed by atoms with van der Waals surface area (Å²) >= 11 is 2.23. The summed E-state index contributed by atoms with van der Waals surface area (Å²) in [7, 11) is 1.88. The lowest BCUT2D eigenvalue weighted by Crippen LogP contribution is -1.88. The number of nitrogens with one attached hydrogen (secondary N) is 1. The molecule has 0 spiro atoms. The first-order valence-electron chi connectivity index (χ1n) is 2.61. The van der Waals surface area contributed by atoms with Crippen molar-refractivity contribution in [3.63, 3.8) is 0 Å². The number of aromatic nitrogens is 1. The van der Waals surface area contributed by atoms with Crippen LogP contribution in [0.5, 0.6) is 0 Å². The van der Waals surface area contributed by atoms with E-state index < -0.39 is 0 Å². The van der Waals surface area contributed by atoms with E-state index in [1.54, 1.807) is 6.20 Å². The zero-order valence-corrected chi connectivity index (χ0v) is 7.21. The zero-order valence-electron chi connectivity index (χ0n) is 5.06. The van der Waals surface area contributed by atoms with E-state index in [4.69, 9.17) is 0 Å². The molecule has 3 heteroatoms. The minimum Gasteiger partial charge on any atom is -0.387 e. The highest BCUT2D eigenvalue weighted by atomic mass is 127. The Bertz CT molecular complexity index is 200. The first-order valence-corrected chi connectivity index (χ1v) is 3.69. The van der Waals surface area contributed by atoms with Crippen molar-refractivity contribution in [2.45, 2.75) is 0 Å². The Morgan fingerprint density at radius 1 is 1.56 bits per heavy atom. The maximum atomic E-state index is 3.99. The van der Waals surface area contributed by atoms with E-state index in [-0.39, 0.29) is 0 Å². The summed E-state index contributed by atoms with van der Waals surface area (Å²) in [5, 5.41) is 3.00. The summed E-state index contributed by atoms with van der Waals surface area (Å²) in [4.78, 5) is 3.99. The monoisotopic (exact) mass is 234 g/mol. The molecule has 1 N–H and O–H groups in total. The van der Waals surface area contributed by atoms with Crippen LogP contribution in [0.3, 0.4) is 0 Å². The molecule has 0 atom stereocenters. The summed E-state index contributed by atoms with van der Waals surface area (Å²) in [5.41, 5.74) is 1.06. The van der Waals surface area contributed by atoms with Crippen LogP contribution in [-0.4, -0.2) is 12.0 Å². The molecule has 9 heavy (non-hydrogen) atoms. The molecule has 0 aliphatic carbocycles. The average molecular weight is 234 g/mol. The maximum absolute atomic E-state index is 3.99. The third-order valence-electron chi connectivity index (χ3n) is 0.994. The highest BCUT2D eigenvalue weighted by Gasteiger charge is 1.87. The van der Waals surface area contributed by atoms with E-state index in [1.165, 1.54) is 0 Å². The molecular weight excluding hydrogens is 227 g/mol. The van der Waals surface area contributed by atoms with Crippen LogP contribution < -0.4 is 5.32 Å². The molecule has 0 unspecified atom stereocenters. The Balaban J connectivity index is 2.94. The number of halogens is 1. The molecule has 1 heterocycles. The van der Waals surface area contributed by atoms with Gasteiger partial charge in [0.25, 0.3) is 0 Å². The molecule has 0 radical (unpaired) electrons. The van der Waals surface area contributed by atoms with Crippen molar-refractivity contribution in [3.05, 3.63) is 22.0 Å². The molecule has 1 rings (SSSR count). The smallest absolute Gasteiger partial charge is 0.0534 e. The molecule has 1 aromatic rings. The van der Waals surface area contributed by atoms with Gasteiger partial charge in [-0.3, -0.25) is 4.98 Å². The van der Waals surface area contributed by atoms with Gasteiger partial charge in [-0.25, -0.2) is 0 Å². The molecule has 0 bridgehead atoms. The van der Waals surface area contributed by atoms with Gasteiger partial charge in [0.1, 0.15) is 0 Å². The lowest BCUT2D eigenvalue weighted by Gasteiger charge is -1.96. The number of anilines is 1. The van der Waals surface area contributed by atoms with Crippen LogP contribution in [0.15, 0.2) is 18.5 Å². The molecule has 48 valence electrons. The van der Waals surface area contributed by atoms with Gasteiger partial charge in [0.2, 0.25) is 0 Å². The Morgan fingerprint density at radius 2 is 2.33 bits per heavy atom. The van der Waals surface area contributed by atoms with Crippen molar-refractivity contribution in [2.75, 3.05) is 12.4 Å². The molecule has 1 aromatic heterocycles. The highest BCUT2D eigenvalue weighted by molar-refractivity contribution is 14.1. The predicted molar refractivity (Wildman–Crippen MR) is 46.5 cm³/mol. The van der Waals surface area contributed by atoms with Gasteiger partial charge in [0, 0.05) is 23.0 Å². The Kier molecular flexibility index (Phi) is 2.27. The first-order chi connectivity index (χ1) is 4.33. The fourth-order valence-corrected chi connectivity index (χ4v) is 1.04. The van der Waals surface area contributed by atoms with Gasteiger partial charge in [-0.2, -0.15) is 0 Å². The van der Waals surface area contributed by atoms with Crippen LogP contribution in [0.25, 0.3) is 0 Å². The molecule has 0 aliphatic heterocycles. The highest BCUT2D eigenvalue weighted by Crippen LogP contribution is 2.08. The summed E-state index contributed by atoms with van der Waals surface area (Å²) in [6.45, 7) is 0. The minimum absolute atomic E-state index is 1.06. The second-order valence-corrected chi connectivity index (χ2v) is 2.89. The number of hydrogen-bond acceptors (Lipinski definition) is 2. The molecule has 0 aromatic carbocycles. The summed E-state index contributed by atoms with van der Waals surface area (Å²) < 4.78 is 1.15. The van der Waals surface area contributed by atoms with E-state index in [0.717, 1.165) is 9.26 Å². The van der Waals surface area contributed by atoms with Crippen LogP contribution in [0, 0.1) is 3.57 Å². The first kappa shape index (κ1) is 6.80. The Morgan fingerprint density at radius 3 is 2.78 bits per heavy atom. The quantitative estimate of drug-likeness (QED) is 0.748. The van der Waals surface area contributed by atoms with Crippen LogP contribution in [0.1, 0.15) is 0 Å². The molecule has 0 saturated heterocycles. The molecule has 0 fully saturated rings. The van der Waals surface area contributed by atoms with Gasteiger partial charge in [0.05, 0.1) is 5.69 Å². The normalized spacial score (nSPS) is 9.11. The standard InChI is InChI=1S/C6H7IN2/c1-8-6-2-5(7)3-9-4-6/h2-4,8H,1H3. The van der Waals surface area contributed by atoms with Crippen molar-refractivity contribution in [1.29, 1.82) is 0 Å². The third kappa shape index (κ3) is 1.82. The van der Waals surface area contributed by atoms with Crippen molar-refractivity contribution >= 4 is 28.3 Å². The van der Waals surface area contributed by atoms with Gasteiger partial charge < -0.3 is 5.32 Å². The van der Waals surface area contributed by atoms with Crippen molar-refractivity contribution in [1.82, 2.24) is 4.98 Å². The summed E-state index contributed by atoms with van der Waals surface area (Å²) in [5.74, 6) is 0. The van der Waals surface area contributed by atoms with Crippen molar-refractivity contribution in [3.8, 4) is 0 Å². The zero-order chi connectivity index (χ0) is 6.69. The third-order valence-corrected chi connectivity index (χ3v) is 1.58. The second kappa shape index (κ2) is 3.00. The Hall–Kier alpha value is -0.320. The minimum atomic E-state index is 1.06. The molecule has 0 amide bonds. The van der Waals surface area contributed by atoms with Crippen LogP contribution >= 0.6 is 22.6 Å². The van der Waals surface area contributed by atoms with E-state index in [1.807, 2.05) is 19.3 Å². The van der Waals surface area contributed by atoms with Gasteiger partial charge >= 0.3 is 0 Å². The van der Waals surface area contributed by atoms with Crippen LogP contribution in [0.2, 0.25) is 0 Å². The fraction of sp³-hybridized carbons (Fsp3) is 0.167. The van der Waals surface area contributed by atoms with E-state index in [2.05, 4.69) is 32.9 Å². The fourth-order valence-electron chi connectivity index (χ4n) is 0.549. The largest absolute Gasteiger partial charge is 0.387 e. The molecular formula is C6H7IN2. The summed E-state index contributed by atoms with van der Waals surface area (Å²) in [6, 6.07) is 2.04. The topological polar surface area (TPSA) is 24.9 Å². The number of nitrogens with zero attached hydrogens (tertiary/aromatic N) is 1. The molecule has 0 saturated carbocycles. The van der Waals surface area contributed by atoms with Gasteiger partial charge in [-0.15, -0.1) is 0 Å². The Labute approximate surface area is 67.8 Å². The van der Waals surface area contributed by atoms with E-state index >= 15 is 0 Å². The number of hydrogen-bond donors (Lipinski definition) is 1. The van der Waals surface area contributed by atoms with Crippen molar-refractivity contribution < 1.29 is 0 Å². The second-order valence-electron chi connectivity index (χ2n) is 1.64. The maximum Gasteiger partial charge on any atom is 0.0534 e. The summed E-state index contributed by atoms with van der Waals surface area (Å²) in [6.07, 6.45) is 3.61. The lowest BCUT2D eigenvalue weighted by atomic mass is 10.4.